The van der Waals surface area contributed by atoms with E-state index in [0.717, 1.165) is 11.1 Å². The molecule has 0 unspecified atom stereocenters. The summed E-state index contributed by atoms with van der Waals surface area (Å²) in [6.45, 7) is 0.316. The molecule has 0 bridgehead atoms. The molecule has 0 spiro atoms. The quantitative estimate of drug-likeness (QED) is 0.592. The van der Waals surface area contributed by atoms with Crippen LogP contribution in [0.15, 0.2) is 48.5 Å². The van der Waals surface area contributed by atoms with E-state index in [1.54, 1.807) is 44.6 Å². The predicted molar refractivity (Wildman–Crippen MR) is 106 cm³/mol. The number of halogens is 1. The van der Waals surface area contributed by atoms with Gasteiger partial charge >= 0.3 is 5.97 Å². The Morgan fingerprint density at radius 3 is 2.31 bits per heavy atom. The third-order valence-electron chi connectivity index (χ3n) is 4.97. The lowest BCUT2D eigenvalue weighted by Gasteiger charge is -2.24. The standard InChI is InChI=1S/C23H19FO5/c1-26-21-8-13-12-29-20-11-16(14-6-4-5-7-19(14)24)18(23(25)28-3)9-17(20)15(13)10-22(21)27-2/h4-11H,12H2,1-3H3. The molecule has 1 heterocycles. The molecule has 0 aliphatic carbocycles. The summed E-state index contributed by atoms with van der Waals surface area (Å²) in [6.07, 6.45) is 0. The van der Waals surface area contributed by atoms with E-state index < -0.39 is 11.8 Å². The van der Waals surface area contributed by atoms with Gasteiger partial charge in [-0.2, -0.15) is 0 Å². The molecule has 0 N–H and O–H groups in total. The molecule has 0 saturated carbocycles. The highest BCUT2D eigenvalue weighted by atomic mass is 19.1. The molecular formula is C23H19FO5. The average Bonchev–Trinajstić information content (AvgIpc) is 2.76. The Balaban J connectivity index is 1.96. The van der Waals surface area contributed by atoms with Gasteiger partial charge in [0, 0.05) is 22.3 Å². The van der Waals surface area contributed by atoms with E-state index in [1.807, 2.05) is 12.1 Å². The molecule has 3 aromatic rings. The van der Waals surface area contributed by atoms with Crippen molar-refractivity contribution in [3.8, 4) is 39.5 Å². The number of ether oxygens (including phenoxy) is 4. The minimum absolute atomic E-state index is 0.252. The van der Waals surface area contributed by atoms with Crippen molar-refractivity contribution in [3.05, 3.63) is 65.5 Å². The number of methoxy groups -OCH3 is 3. The van der Waals surface area contributed by atoms with Gasteiger partial charge in [0.2, 0.25) is 0 Å². The Morgan fingerprint density at radius 1 is 0.897 bits per heavy atom. The molecule has 0 saturated heterocycles. The van der Waals surface area contributed by atoms with Gasteiger partial charge in [-0.15, -0.1) is 0 Å². The summed E-state index contributed by atoms with van der Waals surface area (Å²) in [5, 5.41) is 0. The summed E-state index contributed by atoms with van der Waals surface area (Å²) >= 11 is 0. The molecule has 1 aliphatic rings. The van der Waals surface area contributed by atoms with Crippen molar-refractivity contribution >= 4 is 5.97 Å². The van der Waals surface area contributed by atoms with E-state index in [1.165, 1.54) is 13.2 Å². The number of fused-ring (bicyclic) bond motifs is 3. The third kappa shape index (κ3) is 3.16. The van der Waals surface area contributed by atoms with Gasteiger partial charge in [-0.25, -0.2) is 9.18 Å². The lowest BCUT2D eigenvalue weighted by molar-refractivity contribution is 0.0601. The first kappa shape index (κ1) is 18.8. The smallest absolute Gasteiger partial charge is 0.338 e. The number of hydrogen-bond acceptors (Lipinski definition) is 5. The Kier molecular flexibility index (Phi) is 4.84. The van der Waals surface area contributed by atoms with Gasteiger partial charge in [-0.1, -0.05) is 18.2 Å². The first-order valence-electron chi connectivity index (χ1n) is 8.96. The monoisotopic (exact) mass is 394 g/mol. The van der Waals surface area contributed by atoms with Crippen LogP contribution in [0.5, 0.6) is 17.2 Å². The maximum atomic E-state index is 14.5. The zero-order valence-electron chi connectivity index (χ0n) is 16.2. The van der Waals surface area contributed by atoms with E-state index in [9.17, 15) is 9.18 Å². The van der Waals surface area contributed by atoms with Crippen LogP contribution in [0, 0.1) is 5.82 Å². The summed E-state index contributed by atoms with van der Waals surface area (Å²) in [5.41, 5.74) is 3.42. The first-order chi connectivity index (χ1) is 14.1. The van der Waals surface area contributed by atoms with E-state index in [4.69, 9.17) is 18.9 Å². The summed E-state index contributed by atoms with van der Waals surface area (Å²) < 4.78 is 36.1. The van der Waals surface area contributed by atoms with Gasteiger partial charge in [0.15, 0.2) is 11.5 Å². The van der Waals surface area contributed by atoms with Crippen molar-refractivity contribution in [2.75, 3.05) is 21.3 Å². The van der Waals surface area contributed by atoms with Crippen LogP contribution in [0.2, 0.25) is 0 Å². The van der Waals surface area contributed by atoms with Crippen LogP contribution < -0.4 is 14.2 Å². The summed E-state index contributed by atoms with van der Waals surface area (Å²) in [4.78, 5) is 12.5. The molecule has 1 aliphatic heterocycles. The summed E-state index contributed by atoms with van der Waals surface area (Å²) in [5.74, 6) is 0.723. The molecule has 0 aromatic heterocycles. The number of esters is 1. The minimum atomic E-state index is -0.557. The topological polar surface area (TPSA) is 54.0 Å². The maximum Gasteiger partial charge on any atom is 0.338 e. The SMILES string of the molecule is COC(=O)c1cc2c(cc1-c1ccccc1F)OCc1cc(OC)c(OC)cc1-2. The summed E-state index contributed by atoms with van der Waals surface area (Å²) in [7, 11) is 4.43. The predicted octanol–water partition coefficient (Wildman–Crippen LogP) is 4.86. The zero-order chi connectivity index (χ0) is 20.5. The number of carbonyl (C=O) groups excluding carboxylic acids is 1. The minimum Gasteiger partial charge on any atom is -0.493 e. The second-order valence-corrected chi connectivity index (χ2v) is 6.52. The second kappa shape index (κ2) is 7.47. The van der Waals surface area contributed by atoms with E-state index in [0.29, 0.717) is 40.5 Å². The highest BCUT2D eigenvalue weighted by Crippen LogP contribution is 2.45. The van der Waals surface area contributed by atoms with Crippen LogP contribution in [0.4, 0.5) is 4.39 Å². The lowest BCUT2D eigenvalue weighted by atomic mass is 9.90. The van der Waals surface area contributed by atoms with Crippen LogP contribution in [-0.2, 0) is 11.3 Å². The van der Waals surface area contributed by atoms with Crippen molar-refractivity contribution in [2.24, 2.45) is 0 Å². The lowest BCUT2D eigenvalue weighted by Crippen LogP contribution is -2.10. The molecule has 3 aromatic carbocycles. The highest BCUT2D eigenvalue weighted by Gasteiger charge is 2.26. The van der Waals surface area contributed by atoms with Gasteiger partial charge in [-0.05, 0) is 35.9 Å². The fourth-order valence-electron chi connectivity index (χ4n) is 3.54. The van der Waals surface area contributed by atoms with E-state index in [-0.39, 0.29) is 5.56 Å². The fourth-order valence-corrected chi connectivity index (χ4v) is 3.54. The van der Waals surface area contributed by atoms with Crippen molar-refractivity contribution < 1.29 is 28.1 Å². The van der Waals surface area contributed by atoms with Gasteiger partial charge in [-0.3, -0.25) is 0 Å². The molecule has 0 radical (unpaired) electrons. The Hall–Kier alpha value is -3.54. The zero-order valence-corrected chi connectivity index (χ0v) is 16.2. The molecule has 0 amide bonds. The van der Waals surface area contributed by atoms with Gasteiger partial charge < -0.3 is 18.9 Å². The van der Waals surface area contributed by atoms with Crippen molar-refractivity contribution in [2.45, 2.75) is 6.61 Å². The normalized spacial score (nSPS) is 11.7. The number of rotatable bonds is 4. The first-order valence-corrected chi connectivity index (χ1v) is 8.96. The van der Waals surface area contributed by atoms with Gasteiger partial charge in [0.25, 0.3) is 0 Å². The Morgan fingerprint density at radius 2 is 1.62 bits per heavy atom. The van der Waals surface area contributed by atoms with Crippen LogP contribution in [-0.4, -0.2) is 27.3 Å². The van der Waals surface area contributed by atoms with Crippen molar-refractivity contribution in [1.82, 2.24) is 0 Å². The fraction of sp³-hybridized carbons (Fsp3) is 0.174. The molecule has 4 rings (SSSR count). The highest BCUT2D eigenvalue weighted by molar-refractivity contribution is 6.00. The van der Waals surface area contributed by atoms with Crippen LogP contribution in [0.1, 0.15) is 15.9 Å². The second-order valence-electron chi connectivity index (χ2n) is 6.52. The van der Waals surface area contributed by atoms with Crippen LogP contribution in [0.3, 0.4) is 0 Å². The number of hydrogen-bond donors (Lipinski definition) is 0. The van der Waals surface area contributed by atoms with E-state index in [2.05, 4.69) is 0 Å². The Labute approximate surface area is 167 Å². The molecule has 29 heavy (non-hydrogen) atoms. The number of benzene rings is 3. The third-order valence-corrected chi connectivity index (χ3v) is 4.97. The Bertz CT molecular complexity index is 1110. The molecular weight excluding hydrogens is 375 g/mol. The number of carbonyl (C=O) groups is 1. The average molecular weight is 394 g/mol. The van der Waals surface area contributed by atoms with Gasteiger partial charge in [0.1, 0.15) is 18.2 Å². The largest absolute Gasteiger partial charge is 0.493 e. The van der Waals surface area contributed by atoms with Crippen molar-refractivity contribution in [1.29, 1.82) is 0 Å². The van der Waals surface area contributed by atoms with Crippen LogP contribution >= 0.6 is 0 Å². The van der Waals surface area contributed by atoms with Crippen molar-refractivity contribution in [3.63, 3.8) is 0 Å². The van der Waals surface area contributed by atoms with E-state index >= 15 is 0 Å². The summed E-state index contributed by atoms with van der Waals surface area (Å²) in [6, 6.07) is 13.3. The molecule has 148 valence electrons. The van der Waals surface area contributed by atoms with Crippen LogP contribution in [0.25, 0.3) is 22.3 Å². The molecule has 0 atom stereocenters. The molecule has 0 fully saturated rings. The maximum absolute atomic E-state index is 14.5. The molecule has 5 nitrogen and oxygen atoms in total. The molecule has 6 heteroatoms. The van der Waals surface area contributed by atoms with Gasteiger partial charge in [0.05, 0.1) is 26.9 Å².